The van der Waals surface area contributed by atoms with Gasteiger partial charge in [0, 0.05) is 37.3 Å². The highest BCUT2D eigenvalue weighted by Gasteiger charge is 2.24. The predicted octanol–water partition coefficient (Wildman–Crippen LogP) is 4.29. The van der Waals surface area contributed by atoms with Crippen LogP contribution in [0.3, 0.4) is 0 Å². The number of anilines is 2. The van der Waals surface area contributed by atoms with Crippen LogP contribution in [0.2, 0.25) is 0 Å². The summed E-state index contributed by atoms with van der Waals surface area (Å²) in [5.74, 6) is -0.219. The van der Waals surface area contributed by atoms with E-state index in [4.69, 9.17) is 0 Å². The highest BCUT2D eigenvalue weighted by molar-refractivity contribution is 7.98. The minimum Gasteiger partial charge on any atom is -0.368 e. The lowest BCUT2D eigenvalue weighted by Crippen LogP contribution is -2.47. The Bertz CT molecular complexity index is 1010. The number of fused-ring (bicyclic) bond motifs is 1. The maximum absolute atomic E-state index is 13.2. The number of aromatic nitrogens is 1. The van der Waals surface area contributed by atoms with Gasteiger partial charge in [0.1, 0.15) is 22.5 Å². The van der Waals surface area contributed by atoms with Crippen molar-refractivity contribution in [3.05, 3.63) is 59.9 Å². The molecule has 0 bridgehead atoms. The second-order valence-electron chi connectivity index (χ2n) is 6.42. The molecule has 0 amide bonds. The van der Waals surface area contributed by atoms with E-state index >= 15 is 0 Å². The molecule has 0 atom stereocenters. The Kier molecular flexibility index (Phi) is 4.87. The molecule has 2 heterocycles. The molecule has 1 aliphatic rings. The molecule has 1 aromatic heterocycles. The van der Waals surface area contributed by atoms with E-state index < -0.39 is 0 Å². The minimum absolute atomic E-state index is 0.219. The summed E-state index contributed by atoms with van der Waals surface area (Å²) in [6.45, 7) is 3.24. The van der Waals surface area contributed by atoms with Gasteiger partial charge < -0.3 is 9.80 Å². The molecule has 4 rings (SSSR count). The topological polar surface area (TPSA) is 43.2 Å². The maximum Gasteiger partial charge on any atom is 0.123 e. The SMILES string of the molecule is CSc1nc2ccccc2c(N2CCN(c3ccc(F)cc3)CC2)c1C#N. The van der Waals surface area contributed by atoms with Gasteiger partial charge in [0.05, 0.1) is 11.2 Å². The number of hydrogen-bond donors (Lipinski definition) is 0. The van der Waals surface area contributed by atoms with E-state index in [1.807, 2.05) is 42.7 Å². The van der Waals surface area contributed by atoms with Crippen LogP contribution in [0.4, 0.5) is 15.8 Å². The number of halogens is 1. The quantitative estimate of drug-likeness (QED) is 0.636. The van der Waals surface area contributed by atoms with Gasteiger partial charge in [-0.3, -0.25) is 0 Å². The largest absolute Gasteiger partial charge is 0.368 e. The van der Waals surface area contributed by atoms with Crippen LogP contribution in [0.15, 0.2) is 53.6 Å². The van der Waals surface area contributed by atoms with Crippen LogP contribution in [-0.2, 0) is 0 Å². The summed E-state index contributed by atoms with van der Waals surface area (Å²) in [4.78, 5) is 9.19. The summed E-state index contributed by atoms with van der Waals surface area (Å²) in [7, 11) is 0. The fraction of sp³-hybridized carbons (Fsp3) is 0.238. The van der Waals surface area contributed by atoms with Gasteiger partial charge >= 0.3 is 0 Å². The standard InChI is InChI=1S/C21H19FN4S/c1-27-21-18(14-23)20(17-4-2-3-5-19(17)24-21)26-12-10-25(11-13-26)16-8-6-15(22)7-9-16/h2-9H,10-13H2,1H3. The monoisotopic (exact) mass is 378 g/mol. The summed E-state index contributed by atoms with van der Waals surface area (Å²) >= 11 is 1.51. The molecule has 0 aliphatic carbocycles. The molecule has 0 saturated carbocycles. The molecule has 1 saturated heterocycles. The molecule has 0 unspecified atom stereocenters. The van der Waals surface area contributed by atoms with Crippen molar-refractivity contribution in [3.63, 3.8) is 0 Å². The molecule has 27 heavy (non-hydrogen) atoms. The Morgan fingerprint density at radius 3 is 2.33 bits per heavy atom. The normalized spacial score (nSPS) is 14.4. The number of nitrogens with zero attached hydrogens (tertiary/aromatic N) is 4. The van der Waals surface area contributed by atoms with Gasteiger partial charge in [-0.05, 0) is 36.6 Å². The molecule has 0 spiro atoms. The zero-order valence-corrected chi connectivity index (χ0v) is 15.8. The Balaban J connectivity index is 1.67. The van der Waals surface area contributed by atoms with E-state index in [1.165, 1.54) is 23.9 Å². The van der Waals surface area contributed by atoms with Gasteiger partial charge in [0.25, 0.3) is 0 Å². The van der Waals surface area contributed by atoms with Crippen LogP contribution in [0, 0.1) is 17.1 Å². The van der Waals surface area contributed by atoms with E-state index in [9.17, 15) is 9.65 Å². The van der Waals surface area contributed by atoms with Crippen LogP contribution in [-0.4, -0.2) is 37.4 Å². The first kappa shape index (κ1) is 17.6. The van der Waals surface area contributed by atoms with Crippen molar-refractivity contribution in [2.75, 3.05) is 42.2 Å². The van der Waals surface area contributed by atoms with Gasteiger partial charge in [0.2, 0.25) is 0 Å². The first-order chi connectivity index (χ1) is 13.2. The minimum atomic E-state index is -0.219. The average Bonchev–Trinajstić information content (AvgIpc) is 2.73. The molecular formula is C21H19FN4S. The molecule has 6 heteroatoms. The van der Waals surface area contributed by atoms with Gasteiger partial charge in [-0.2, -0.15) is 5.26 Å². The molecule has 136 valence electrons. The predicted molar refractivity (Wildman–Crippen MR) is 109 cm³/mol. The summed E-state index contributed by atoms with van der Waals surface area (Å²) in [6, 6.07) is 17.0. The molecule has 1 fully saturated rings. The number of para-hydroxylation sites is 1. The van der Waals surface area contributed by atoms with E-state index in [2.05, 4.69) is 20.9 Å². The van der Waals surface area contributed by atoms with Crippen LogP contribution >= 0.6 is 11.8 Å². The van der Waals surface area contributed by atoms with Crippen LogP contribution in [0.25, 0.3) is 10.9 Å². The van der Waals surface area contributed by atoms with Crippen molar-refractivity contribution in [1.29, 1.82) is 5.26 Å². The van der Waals surface area contributed by atoms with Crippen molar-refractivity contribution in [2.45, 2.75) is 5.03 Å². The van der Waals surface area contributed by atoms with E-state index in [0.29, 0.717) is 5.56 Å². The number of thioether (sulfide) groups is 1. The van der Waals surface area contributed by atoms with Crippen molar-refractivity contribution in [2.24, 2.45) is 0 Å². The summed E-state index contributed by atoms with van der Waals surface area (Å²) in [6.07, 6.45) is 1.95. The fourth-order valence-corrected chi connectivity index (χ4v) is 4.13. The third kappa shape index (κ3) is 3.31. The first-order valence-corrected chi connectivity index (χ1v) is 10.1. The van der Waals surface area contributed by atoms with E-state index in [-0.39, 0.29) is 5.82 Å². The smallest absolute Gasteiger partial charge is 0.123 e. The molecule has 1 aliphatic heterocycles. The summed E-state index contributed by atoms with van der Waals surface area (Å²) in [5.41, 5.74) is 3.57. The van der Waals surface area contributed by atoms with Crippen molar-refractivity contribution < 1.29 is 4.39 Å². The van der Waals surface area contributed by atoms with Crippen LogP contribution in [0.1, 0.15) is 5.56 Å². The number of rotatable bonds is 3. The van der Waals surface area contributed by atoms with Gasteiger partial charge in [0.15, 0.2) is 0 Å². The highest BCUT2D eigenvalue weighted by atomic mass is 32.2. The van der Waals surface area contributed by atoms with Crippen molar-refractivity contribution in [3.8, 4) is 6.07 Å². The highest BCUT2D eigenvalue weighted by Crippen LogP contribution is 2.35. The second kappa shape index (κ2) is 7.45. The summed E-state index contributed by atoms with van der Waals surface area (Å²) in [5, 5.41) is 11.6. The number of nitriles is 1. The second-order valence-corrected chi connectivity index (χ2v) is 7.22. The Labute approximate surface area is 162 Å². The first-order valence-electron chi connectivity index (χ1n) is 8.83. The maximum atomic E-state index is 13.2. The summed E-state index contributed by atoms with van der Waals surface area (Å²) < 4.78 is 13.2. The van der Waals surface area contributed by atoms with Crippen LogP contribution < -0.4 is 9.80 Å². The van der Waals surface area contributed by atoms with Gasteiger partial charge in [-0.15, -0.1) is 11.8 Å². The van der Waals surface area contributed by atoms with Crippen molar-refractivity contribution >= 4 is 34.0 Å². The van der Waals surface area contributed by atoms with Crippen LogP contribution in [0.5, 0.6) is 0 Å². The number of hydrogen-bond acceptors (Lipinski definition) is 5. The van der Waals surface area contributed by atoms with E-state index in [0.717, 1.165) is 53.5 Å². The number of piperazine rings is 1. The van der Waals surface area contributed by atoms with E-state index in [1.54, 1.807) is 0 Å². The molecule has 2 aromatic carbocycles. The molecule has 0 N–H and O–H groups in total. The van der Waals surface area contributed by atoms with Crippen molar-refractivity contribution in [1.82, 2.24) is 4.98 Å². The zero-order valence-electron chi connectivity index (χ0n) is 15.0. The third-order valence-corrected chi connectivity index (χ3v) is 5.61. The molecular weight excluding hydrogens is 359 g/mol. The number of pyridine rings is 1. The Morgan fingerprint density at radius 1 is 1.00 bits per heavy atom. The molecule has 0 radical (unpaired) electrons. The molecule has 3 aromatic rings. The lowest BCUT2D eigenvalue weighted by Gasteiger charge is -2.38. The number of benzene rings is 2. The lowest BCUT2D eigenvalue weighted by atomic mass is 10.1. The Hall–Kier alpha value is -2.78. The zero-order chi connectivity index (χ0) is 18.8. The van der Waals surface area contributed by atoms with Gasteiger partial charge in [-0.25, -0.2) is 9.37 Å². The molecule has 4 nitrogen and oxygen atoms in total. The lowest BCUT2D eigenvalue weighted by molar-refractivity contribution is 0.625. The Morgan fingerprint density at radius 2 is 1.67 bits per heavy atom. The fourth-order valence-electron chi connectivity index (χ4n) is 3.59. The third-order valence-electron chi connectivity index (χ3n) is 4.92. The van der Waals surface area contributed by atoms with Gasteiger partial charge in [-0.1, -0.05) is 18.2 Å². The average molecular weight is 378 g/mol.